The molecule has 0 saturated carbocycles. The number of hydrogen-bond donors (Lipinski definition) is 2. The highest BCUT2D eigenvalue weighted by molar-refractivity contribution is 5.69. The number of carboxylic acid groups (broad SMARTS) is 1. The molecule has 24 heavy (non-hydrogen) atoms. The molecule has 2 aromatic carbocycles. The number of hydrogen-bond acceptors (Lipinski definition) is 1. The van der Waals surface area contributed by atoms with Gasteiger partial charge in [0.2, 0.25) is 0 Å². The maximum atomic E-state index is 14.6. The summed E-state index contributed by atoms with van der Waals surface area (Å²) in [6.45, 7) is 3.54. The summed E-state index contributed by atoms with van der Waals surface area (Å²) in [6, 6.07) is 8.20. The molecule has 0 fully saturated rings. The molecule has 6 heteroatoms. The molecule has 0 radical (unpaired) electrons. The van der Waals surface area contributed by atoms with Gasteiger partial charge < -0.3 is 10.4 Å². The summed E-state index contributed by atoms with van der Waals surface area (Å²) in [5.74, 6) is -3.53. The molecule has 0 saturated heterocycles. The molecule has 3 rings (SSSR count). The number of amides is 1. The van der Waals surface area contributed by atoms with Crippen LogP contribution in [0.2, 0.25) is 0 Å². The van der Waals surface area contributed by atoms with Gasteiger partial charge in [-0.25, -0.2) is 18.0 Å². The molecule has 2 aromatic rings. The van der Waals surface area contributed by atoms with Crippen molar-refractivity contribution in [2.24, 2.45) is 5.41 Å². The third kappa shape index (κ3) is 2.17. The van der Waals surface area contributed by atoms with E-state index in [0.29, 0.717) is 18.1 Å². The van der Waals surface area contributed by atoms with Crippen LogP contribution in [0.25, 0.3) is 0 Å². The van der Waals surface area contributed by atoms with Crippen molar-refractivity contribution in [3.63, 3.8) is 0 Å². The van der Waals surface area contributed by atoms with Gasteiger partial charge in [0.1, 0.15) is 11.4 Å². The molecule has 0 bridgehead atoms. The molecule has 2 N–H and O–H groups in total. The zero-order valence-corrected chi connectivity index (χ0v) is 13.2. The molecule has 0 aliphatic heterocycles. The van der Waals surface area contributed by atoms with Gasteiger partial charge in [0.05, 0.1) is 0 Å². The van der Waals surface area contributed by atoms with Gasteiger partial charge in [-0.15, -0.1) is 0 Å². The highest BCUT2D eigenvalue weighted by atomic mass is 19.2. The number of carbonyl (C=O) groups is 1. The molecule has 3 nitrogen and oxygen atoms in total. The van der Waals surface area contributed by atoms with E-state index in [2.05, 4.69) is 5.32 Å². The Bertz CT molecular complexity index is 835. The number of halogens is 3. The maximum absolute atomic E-state index is 14.6. The topological polar surface area (TPSA) is 49.3 Å². The quantitative estimate of drug-likeness (QED) is 0.808. The van der Waals surface area contributed by atoms with Crippen LogP contribution in [0.1, 0.15) is 30.5 Å². The molecule has 126 valence electrons. The van der Waals surface area contributed by atoms with E-state index in [0.717, 1.165) is 11.6 Å². The number of fused-ring (bicyclic) bond motifs is 1. The summed E-state index contributed by atoms with van der Waals surface area (Å²) in [7, 11) is 0. The molecule has 1 aliphatic rings. The molecular weight excluding hydrogens is 319 g/mol. The van der Waals surface area contributed by atoms with Gasteiger partial charge in [-0.1, -0.05) is 38.1 Å². The summed E-state index contributed by atoms with van der Waals surface area (Å²) >= 11 is 0. The zero-order valence-electron chi connectivity index (χ0n) is 13.2. The van der Waals surface area contributed by atoms with Gasteiger partial charge in [-0.05, 0) is 23.6 Å². The van der Waals surface area contributed by atoms with Gasteiger partial charge in [-0.2, -0.15) is 0 Å². The molecule has 1 amide bonds. The second kappa shape index (κ2) is 5.26. The van der Waals surface area contributed by atoms with Gasteiger partial charge in [0, 0.05) is 17.0 Å². The van der Waals surface area contributed by atoms with Crippen LogP contribution in [-0.2, 0) is 12.0 Å². The molecule has 0 spiro atoms. The Kier molecular flexibility index (Phi) is 3.59. The van der Waals surface area contributed by atoms with Crippen LogP contribution in [0.3, 0.4) is 0 Å². The maximum Gasteiger partial charge on any atom is 0.405 e. The Morgan fingerprint density at radius 2 is 1.67 bits per heavy atom. The predicted molar refractivity (Wildman–Crippen MR) is 82.2 cm³/mol. The number of nitrogens with one attached hydrogen (secondary N) is 1. The lowest BCUT2D eigenvalue weighted by molar-refractivity contribution is 0.142. The van der Waals surface area contributed by atoms with Crippen LogP contribution in [0.15, 0.2) is 36.4 Å². The van der Waals surface area contributed by atoms with E-state index in [9.17, 15) is 23.1 Å². The van der Waals surface area contributed by atoms with Gasteiger partial charge >= 0.3 is 6.09 Å². The van der Waals surface area contributed by atoms with E-state index in [4.69, 9.17) is 0 Å². The van der Waals surface area contributed by atoms with Gasteiger partial charge in [0.25, 0.3) is 0 Å². The SMILES string of the molecule is CC1(C)Cc2ccccc2C1(NC(=O)O)c1cc(F)c(F)cc1F. The van der Waals surface area contributed by atoms with E-state index < -0.39 is 34.5 Å². The van der Waals surface area contributed by atoms with Crippen LogP contribution < -0.4 is 5.32 Å². The minimum Gasteiger partial charge on any atom is -0.465 e. The van der Waals surface area contributed by atoms with Crippen molar-refractivity contribution < 1.29 is 23.1 Å². The summed E-state index contributed by atoms with van der Waals surface area (Å²) < 4.78 is 41.8. The third-order valence-corrected chi connectivity index (χ3v) is 4.78. The van der Waals surface area contributed by atoms with Crippen molar-refractivity contribution in [2.75, 3.05) is 0 Å². The largest absolute Gasteiger partial charge is 0.465 e. The van der Waals surface area contributed by atoms with E-state index >= 15 is 0 Å². The second-order valence-corrected chi connectivity index (χ2v) is 6.64. The minimum absolute atomic E-state index is 0.223. The van der Waals surface area contributed by atoms with Crippen molar-refractivity contribution in [1.29, 1.82) is 0 Å². The fourth-order valence-electron chi connectivity index (χ4n) is 3.80. The second-order valence-electron chi connectivity index (χ2n) is 6.64. The molecule has 0 aromatic heterocycles. The Morgan fingerprint density at radius 1 is 1.04 bits per heavy atom. The molecule has 1 unspecified atom stereocenters. The van der Waals surface area contributed by atoms with Crippen LogP contribution >= 0.6 is 0 Å². The Morgan fingerprint density at radius 3 is 2.33 bits per heavy atom. The third-order valence-electron chi connectivity index (χ3n) is 4.78. The van der Waals surface area contributed by atoms with Crippen molar-refractivity contribution in [3.05, 3.63) is 70.5 Å². The van der Waals surface area contributed by atoms with Crippen LogP contribution in [0.4, 0.5) is 18.0 Å². The monoisotopic (exact) mass is 335 g/mol. The van der Waals surface area contributed by atoms with Crippen molar-refractivity contribution >= 4 is 6.09 Å². The minimum atomic E-state index is -1.52. The van der Waals surface area contributed by atoms with Gasteiger partial charge in [0.15, 0.2) is 11.6 Å². The zero-order chi connectivity index (χ0) is 17.7. The van der Waals surface area contributed by atoms with E-state index in [1.165, 1.54) is 0 Å². The van der Waals surface area contributed by atoms with Gasteiger partial charge in [-0.3, -0.25) is 0 Å². The summed E-state index contributed by atoms with van der Waals surface area (Å²) in [6.07, 6.45) is -0.911. The lowest BCUT2D eigenvalue weighted by Gasteiger charge is -2.42. The number of benzene rings is 2. The Balaban J connectivity index is 2.38. The van der Waals surface area contributed by atoms with E-state index in [1.54, 1.807) is 32.0 Å². The molecule has 1 aliphatic carbocycles. The molecule has 1 atom stereocenters. The fraction of sp³-hybridized carbons (Fsp3) is 0.278. The summed E-state index contributed by atoms with van der Waals surface area (Å²) in [5.41, 5.74) is -1.16. The van der Waals surface area contributed by atoms with Crippen molar-refractivity contribution in [1.82, 2.24) is 5.32 Å². The lowest BCUT2D eigenvalue weighted by Crippen LogP contribution is -2.54. The standard InChI is InChI=1S/C18H16F3NO2/c1-17(2)9-10-5-3-4-6-11(10)18(17,22-16(23)24)12-7-14(20)15(21)8-13(12)19/h3-8,22H,9H2,1-2H3,(H,23,24). The van der Waals surface area contributed by atoms with Crippen molar-refractivity contribution in [3.8, 4) is 0 Å². The Hall–Kier alpha value is -2.50. The summed E-state index contributed by atoms with van der Waals surface area (Å²) in [4.78, 5) is 11.5. The van der Waals surface area contributed by atoms with E-state index in [-0.39, 0.29) is 5.56 Å². The first-order valence-corrected chi connectivity index (χ1v) is 7.43. The van der Waals surface area contributed by atoms with Crippen LogP contribution in [-0.4, -0.2) is 11.2 Å². The average molecular weight is 335 g/mol. The smallest absolute Gasteiger partial charge is 0.405 e. The first kappa shape index (κ1) is 16.4. The molecule has 0 heterocycles. The average Bonchev–Trinajstić information content (AvgIpc) is 2.70. The van der Waals surface area contributed by atoms with Crippen LogP contribution in [0, 0.1) is 22.9 Å². The highest BCUT2D eigenvalue weighted by Gasteiger charge is 2.55. The normalized spacial score (nSPS) is 21.4. The molecular formula is C18H16F3NO2. The summed E-state index contributed by atoms with van der Waals surface area (Å²) in [5, 5.41) is 11.8. The Labute approximate surface area is 137 Å². The lowest BCUT2D eigenvalue weighted by atomic mass is 9.68. The predicted octanol–water partition coefficient (Wildman–Crippen LogP) is 4.20. The fourth-order valence-corrected chi connectivity index (χ4v) is 3.80. The number of rotatable bonds is 2. The van der Waals surface area contributed by atoms with E-state index in [1.807, 2.05) is 6.07 Å². The first-order chi connectivity index (χ1) is 11.2. The first-order valence-electron chi connectivity index (χ1n) is 7.43. The van der Waals surface area contributed by atoms with Crippen LogP contribution in [0.5, 0.6) is 0 Å². The highest BCUT2D eigenvalue weighted by Crippen LogP contribution is 2.54. The van der Waals surface area contributed by atoms with Crippen molar-refractivity contribution in [2.45, 2.75) is 25.8 Å².